The summed E-state index contributed by atoms with van der Waals surface area (Å²) in [7, 11) is 0. The second-order valence-corrected chi connectivity index (χ2v) is 8.64. The smallest absolute Gasteiger partial charge is 0.334 e. The van der Waals surface area contributed by atoms with Crippen molar-refractivity contribution in [3.8, 4) is 11.5 Å². The van der Waals surface area contributed by atoms with E-state index in [1.807, 2.05) is 0 Å². The molecule has 0 aromatic heterocycles. The van der Waals surface area contributed by atoms with Gasteiger partial charge >= 0.3 is 11.9 Å². The Morgan fingerprint density at radius 2 is 1.82 bits per heavy atom. The molecule has 0 bridgehead atoms. The first-order valence-corrected chi connectivity index (χ1v) is 11.6. The third-order valence-electron chi connectivity index (χ3n) is 6.22. The van der Waals surface area contributed by atoms with Crippen molar-refractivity contribution in [2.75, 3.05) is 13.2 Å². The molecule has 208 valence electrons. The van der Waals surface area contributed by atoms with Crippen LogP contribution in [0.1, 0.15) is 12.0 Å². The second kappa shape index (κ2) is 12.9. The van der Waals surface area contributed by atoms with Crippen molar-refractivity contribution in [1.82, 2.24) is 0 Å². The fourth-order valence-corrected chi connectivity index (χ4v) is 4.21. The lowest BCUT2D eigenvalue weighted by molar-refractivity contribution is -0.340. The predicted molar refractivity (Wildman–Crippen MR) is 127 cm³/mol. The van der Waals surface area contributed by atoms with Gasteiger partial charge in [-0.15, -0.1) is 6.58 Å². The Labute approximate surface area is 217 Å². The normalized spacial score (nSPS) is 31.3. The number of benzene rings is 1. The predicted octanol–water partition coefficient (Wildman–Crippen LogP) is -0.396. The van der Waals surface area contributed by atoms with Gasteiger partial charge in [0.05, 0.1) is 18.4 Å². The summed E-state index contributed by atoms with van der Waals surface area (Å²) < 4.78 is 22.1. The summed E-state index contributed by atoms with van der Waals surface area (Å²) in [5.41, 5.74) is 0.219. The summed E-state index contributed by atoms with van der Waals surface area (Å²) >= 11 is 0. The Kier molecular flexibility index (Phi) is 9.85. The zero-order valence-electron chi connectivity index (χ0n) is 20.1. The number of esters is 1. The molecule has 0 aliphatic carbocycles. The minimum Gasteiger partial charge on any atom is -0.504 e. The Morgan fingerprint density at radius 3 is 2.42 bits per heavy atom. The van der Waals surface area contributed by atoms with Crippen molar-refractivity contribution in [2.24, 2.45) is 11.8 Å². The highest BCUT2D eigenvalue weighted by Crippen LogP contribution is 2.37. The number of aliphatic carboxylic acids is 1. The molecule has 1 aromatic rings. The first-order chi connectivity index (χ1) is 18.1. The first kappa shape index (κ1) is 29.1. The van der Waals surface area contributed by atoms with E-state index in [4.69, 9.17) is 18.9 Å². The fourth-order valence-electron chi connectivity index (χ4n) is 4.21. The molecule has 1 aromatic carbocycles. The molecular formula is C25H30O13. The van der Waals surface area contributed by atoms with Crippen molar-refractivity contribution < 1.29 is 64.3 Å². The minimum absolute atomic E-state index is 0.0419. The topological polar surface area (TPSA) is 213 Å². The minimum atomic E-state index is -1.76. The van der Waals surface area contributed by atoms with Crippen LogP contribution < -0.4 is 0 Å². The number of carbonyl (C=O) groups excluding carboxylic acids is 1. The maximum absolute atomic E-state index is 12.5. The van der Waals surface area contributed by atoms with Gasteiger partial charge in [-0.2, -0.15) is 0 Å². The average Bonchev–Trinajstić information content (AvgIpc) is 2.89. The Morgan fingerprint density at radius 1 is 1.08 bits per heavy atom. The molecule has 3 rings (SSSR count). The van der Waals surface area contributed by atoms with Crippen LogP contribution in [0.3, 0.4) is 0 Å². The molecule has 1 saturated heterocycles. The Hall–Kier alpha value is -3.46. The molecule has 2 heterocycles. The number of aliphatic hydroxyl groups is 4. The SMILES string of the molecule is C=C[C@@H]1[C@H](O[C@@H]2O[C@H](CO)[C@@H](O)[C@H](O)[C@H]2OC(=O)/C=C/c2ccc(O)c(O)c2)OC=C(C(=O)O)[C@@H]1CCO. The van der Waals surface area contributed by atoms with Crippen molar-refractivity contribution in [3.05, 3.63) is 54.3 Å². The molecule has 0 unspecified atom stereocenters. The van der Waals surface area contributed by atoms with E-state index in [9.17, 15) is 45.3 Å². The maximum atomic E-state index is 12.5. The van der Waals surface area contributed by atoms with E-state index in [0.29, 0.717) is 5.56 Å². The molecule has 2 aliphatic heterocycles. The summed E-state index contributed by atoms with van der Waals surface area (Å²) in [6.07, 6.45) is -4.59. The van der Waals surface area contributed by atoms with E-state index < -0.39 is 73.1 Å². The van der Waals surface area contributed by atoms with Gasteiger partial charge < -0.3 is 54.7 Å². The maximum Gasteiger partial charge on any atom is 0.334 e. The lowest BCUT2D eigenvalue weighted by Crippen LogP contribution is -2.61. The van der Waals surface area contributed by atoms with Crippen LogP contribution in [-0.4, -0.2) is 97.9 Å². The highest BCUT2D eigenvalue weighted by molar-refractivity contribution is 5.87. The van der Waals surface area contributed by atoms with Crippen LogP contribution in [0.15, 0.2) is 48.8 Å². The van der Waals surface area contributed by atoms with Gasteiger partial charge in [-0.25, -0.2) is 9.59 Å². The largest absolute Gasteiger partial charge is 0.504 e. The van der Waals surface area contributed by atoms with E-state index in [1.54, 1.807) is 0 Å². The molecule has 0 amide bonds. The molecular weight excluding hydrogens is 508 g/mol. The van der Waals surface area contributed by atoms with Crippen molar-refractivity contribution in [3.63, 3.8) is 0 Å². The molecule has 1 fully saturated rings. The van der Waals surface area contributed by atoms with Gasteiger partial charge in [0.25, 0.3) is 0 Å². The van der Waals surface area contributed by atoms with Gasteiger partial charge in [0.2, 0.25) is 12.6 Å². The standard InChI is InChI=1S/C25H30O13/c1-2-13-14(7-8-26)15(23(33)34)11-35-24(13)38-25-22(21(32)20(31)18(10-27)36-25)37-19(30)6-4-12-3-5-16(28)17(29)9-12/h2-6,9,11,13-14,18,20-22,24-29,31-32H,1,7-8,10H2,(H,33,34)/b6-4+/t13-,14+,18+,20+,21-,22+,24-,25-/m0/s1. The van der Waals surface area contributed by atoms with Crippen LogP contribution in [0.4, 0.5) is 0 Å². The number of aliphatic hydroxyl groups excluding tert-OH is 4. The number of hydrogen-bond donors (Lipinski definition) is 7. The summed E-state index contributed by atoms with van der Waals surface area (Å²) in [5.74, 6) is -4.59. The van der Waals surface area contributed by atoms with E-state index in [0.717, 1.165) is 12.3 Å². The van der Waals surface area contributed by atoms with Gasteiger partial charge in [-0.3, -0.25) is 0 Å². The van der Waals surface area contributed by atoms with E-state index in [1.165, 1.54) is 30.4 Å². The number of phenolic OH excluding ortho intramolecular Hbond substituents is 2. The molecule has 8 atom stereocenters. The summed E-state index contributed by atoms with van der Waals surface area (Å²) in [6, 6.07) is 3.82. The van der Waals surface area contributed by atoms with E-state index in [-0.39, 0.29) is 24.4 Å². The highest BCUT2D eigenvalue weighted by Gasteiger charge is 2.49. The van der Waals surface area contributed by atoms with Gasteiger partial charge in [-0.1, -0.05) is 12.1 Å². The Balaban J connectivity index is 1.82. The fraction of sp³-hybridized carbons (Fsp3) is 0.440. The first-order valence-electron chi connectivity index (χ1n) is 11.6. The number of carbonyl (C=O) groups is 2. The third-order valence-corrected chi connectivity index (χ3v) is 6.22. The zero-order chi connectivity index (χ0) is 28.0. The monoisotopic (exact) mass is 538 g/mol. The molecule has 0 spiro atoms. The zero-order valence-corrected chi connectivity index (χ0v) is 20.1. The van der Waals surface area contributed by atoms with Crippen LogP contribution in [0.25, 0.3) is 6.08 Å². The molecule has 13 heteroatoms. The number of phenols is 2. The number of carboxylic acid groups (broad SMARTS) is 1. The van der Waals surface area contributed by atoms with Gasteiger partial charge in [-0.05, 0) is 30.2 Å². The van der Waals surface area contributed by atoms with Crippen LogP contribution in [-0.2, 0) is 28.5 Å². The van der Waals surface area contributed by atoms with Crippen LogP contribution in [0.2, 0.25) is 0 Å². The van der Waals surface area contributed by atoms with E-state index >= 15 is 0 Å². The van der Waals surface area contributed by atoms with Crippen molar-refractivity contribution in [1.29, 1.82) is 0 Å². The quantitative estimate of drug-likeness (QED) is 0.0876. The number of rotatable bonds is 10. The lowest BCUT2D eigenvalue weighted by Gasteiger charge is -2.44. The number of aromatic hydroxyl groups is 2. The number of hydrogen-bond acceptors (Lipinski definition) is 12. The van der Waals surface area contributed by atoms with Crippen LogP contribution in [0, 0.1) is 11.8 Å². The lowest BCUT2D eigenvalue weighted by atomic mass is 9.82. The summed E-state index contributed by atoms with van der Waals surface area (Å²) in [4.78, 5) is 24.2. The molecule has 0 saturated carbocycles. The molecule has 7 N–H and O–H groups in total. The summed E-state index contributed by atoms with van der Waals surface area (Å²) in [5, 5.41) is 68.4. The highest BCUT2D eigenvalue weighted by atomic mass is 16.8. The van der Waals surface area contributed by atoms with Crippen LogP contribution in [0.5, 0.6) is 11.5 Å². The molecule has 2 aliphatic rings. The number of carboxylic acids is 1. The van der Waals surface area contributed by atoms with Crippen LogP contribution >= 0.6 is 0 Å². The van der Waals surface area contributed by atoms with Crippen molar-refractivity contribution in [2.45, 2.75) is 43.4 Å². The number of ether oxygens (including phenoxy) is 4. The van der Waals surface area contributed by atoms with Gasteiger partial charge in [0.1, 0.15) is 18.3 Å². The van der Waals surface area contributed by atoms with Gasteiger partial charge in [0, 0.05) is 24.5 Å². The second-order valence-electron chi connectivity index (χ2n) is 8.64. The van der Waals surface area contributed by atoms with Crippen molar-refractivity contribution >= 4 is 18.0 Å². The van der Waals surface area contributed by atoms with Gasteiger partial charge in [0.15, 0.2) is 17.6 Å². The van der Waals surface area contributed by atoms with E-state index in [2.05, 4.69) is 6.58 Å². The summed E-state index contributed by atoms with van der Waals surface area (Å²) in [6.45, 7) is 2.63. The molecule has 38 heavy (non-hydrogen) atoms. The average molecular weight is 539 g/mol. The Bertz CT molecular complexity index is 1070. The molecule has 13 nitrogen and oxygen atoms in total. The third kappa shape index (κ3) is 6.51. The molecule has 0 radical (unpaired) electrons.